The van der Waals surface area contributed by atoms with Crippen molar-refractivity contribution in [2.45, 2.75) is 0 Å². The van der Waals surface area contributed by atoms with Crippen molar-refractivity contribution < 1.29 is 9.53 Å². The number of hydrogen-bond acceptors (Lipinski definition) is 2. The Morgan fingerprint density at radius 1 is 1.62 bits per heavy atom. The lowest BCUT2D eigenvalue weighted by Gasteiger charge is -2.03. The van der Waals surface area contributed by atoms with Gasteiger partial charge >= 0.3 is 5.97 Å². The molecule has 1 rings (SSSR count). The molecule has 0 saturated carbocycles. The van der Waals surface area contributed by atoms with Gasteiger partial charge in [0, 0.05) is 8.04 Å². The molecule has 0 N–H and O–H groups in total. The van der Waals surface area contributed by atoms with Crippen LogP contribution in [0.15, 0.2) is 16.6 Å². The van der Waals surface area contributed by atoms with E-state index in [2.05, 4.69) is 43.3 Å². The number of hydrogen-bond donors (Lipinski definition) is 0. The summed E-state index contributed by atoms with van der Waals surface area (Å²) in [4.78, 5) is 11.1. The van der Waals surface area contributed by atoms with Gasteiger partial charge in [0.05, 0.1) is 17.7 Å². The van der Waals surface area contributed by atoms with Crippen LogP contribution in [0.4, 0.5) is 0 Å². The molecule has 0 aliphatic rings. The van der Waals surface area contributed by atoms with E-state index in [-0.39, 0.29) is 5.97 Å². The number of carbonyl (C=O) groups excluding carboxylic acids is 1. The van der Waals surface area contributed by atoms with Crippen molar-refractivity contribution >= 4 is 56.1 Å². The van der Waals surface area contributed by atoms with Gasteiger partial charge in [0.2, 0.25) is 0 Å². The second-order valence-electron chi connectivity index (χ2n) is 2.25. The molecule has 70 valence electrons. The van der Waals surface area contributed by atoms with Crippen LogP contribution < -0.4 is 0 Å². The van der Waals surface area contributed by atoms with Crippen LogP contribution in [0.1, 0.15) is 10.4 Å². The zero-order valence-corrected chi connectivity index (χ0v) is 11.1. The van der Waals surface area contributed by atoms with Crippen molar-refractivity contribution in [3.63, 3.8) is 0 Å². The summed E-state index contributed by atoms with van der Waals surface area (Å²) in [5.41, 5.74) is 0.444. The number of benzene rings is 1. The molecule has 0 heterocycles. The van der Waals surface area contributed by atoms with E-state index in [1.165, 1.54) is 7.11 Å². The van der Waals surface area contributed by atoms with E-state index < -0.39 is 0 Å². The zero-order chi connectivity index (χ0) is 10.0. The smallest absolute Gasteiger partial charge is 0.337 e. The summed E-state index contributed by atoms with van der Waals surface area (Å²) in [7, 11) is 1.34. The highest BCUT2D eigenvalue weighted by Crippen LogP contribution is 2.28. The molecule has 0 fully saturated rings. The largest absolute Gasteiger partial charge is 0.465 e. The van der Waals surface area contributed by atoms with E-state index in [4.69, 9.17) is 11.6 Å². The third-order valence-corrected chi connectivity index (χ3v) is 4.55. The van der Waals surface area contributed by atoms with Crippen molar-refractivity contribution in [2.75, 3.05) is 7.11 Å². The van der Waals surface area contributed by atoms with Crippen molar-refractivity contribution in [3.8, 4) is 0 Å². The standard InChI is InChI=1S/C8H5BrClIO2/c1-13-8(12)4-2-5(9)7(11)6(10)3-4/h2-3H,1H3. The predicted octanol–water partition coefficient (Wildman–Crippen LogP) is 3.49. The number of ether oxygens (including phenoxy) is 1. The molecule has 5 heteroatoms. The Labute approximate surface area is 103 Å². The Balaban J connectivity index is 3.20. The van der Waals surface area contributed by atoms with E-state index in [0.717, 1.165) is 8.04 Å². The lowest BCUT2D eigenvalue weighted by Crippen LogP contribution is -2.01. The Hall–Kier alpha value is 0.190. The summed E-state index contributed by atoms with van der Waals surface area (Å²) in [6, 6.07) is 3.26. The fourth-order valence-electron chi connectivity index (χ4n) is 0.791. The minimum Gasteiger partial charge on any atom is -0.465 e. The minimum absolute atomic E-state index is 0.390. The van der Waals surface area contributed by atoms with Crippen LogP contribution in [-0.2, 0) is 4.74 Å². The van der Waals surface area contributed by atoms with Gasteiger partial charge in [-0.1, -0.05) is 11.6 Å². The first-order chi connectivity index (χ1) is 6.06. The summed E-state index contributed by atoms with van der Waals surface area (Å²) in [5, 5.41) is 0.537. The van der Waals surface area contributed by atoms with Crippen LogP contribution in [0.5, 0.6) is 0 Å². The van der Waals surface area contributed by atoms with Crippen molar-refractivity contribution in [1.29, 1.82) is 0 Å². The molecular formula is C8H5BrClIO2. The van der Waals surface area contributed by atoms with E-state index >= 15 is 0 Å². The van der Waals surface area contributed by atoms with Crippen LogP contribution in [0.2, 0.25) is 5.02 Å². The summed E-state index contributed by atoms with van der Waals surface area (Å²) >= 11 is 11.3. The molecule has 0 aliphatic heterocycles. The van der Waals surface area contributed by atoms with Crippen LogP contribution in [0, 0.1) is 3.57 Å². The molecular weight excluding hydrogens is 370 g/mol. The third kappa shape index (κ3) is 2.57. The van der Waals surface area contributed by atoms with Gasteiger partial charge in [-0.3, -0.25) is 0 Å². The quantitative estimate of drug-likeness (QED) is 0.427. The molecule has 0 radical (unpaired) electrons. The Kier molecular flexibility index (Phi) is 4.00. The molecule has 13 heavy (non-hydrogen) atoms. The number of esters is 1. The third-order valence-electron chi connectivity index (χ3n) is 1.40. The summed E-state index contributed by atoms with van der Waals surface area (Å²) < 4.78 is 6.24. The second-order valence-corrected chi connectivity index (χ2v) is 4.59. The molecule has 1 aromatic carbocycles. The maximum atomic E-state index is 11.1. The molecule has 0 aromatic heterocycles. The molecule has 2 nitrogen and oxygen atoms in total. The van der Waals surface area contributed by atoms with Gasteiger partial charge in [0.15, 0.2) is 0 Å². The van der Waals surface area contributed by atoms with Crippen LogP contribution in [0.3, 0.4) is 0 Å². The van der Waals surface area contributed by atoms with Crippen LogP contribution in [-0.4, -0.2) is 13.1 Å². The number of rotatable bonds is 1. The van der Waals surface area contributed by atoms with Crippen molar-refractivity contribution in [3.05, 3.63) is 30.8 Å². The second kappa shape index (κ2) is 4.61. The predicted molar refractivity (Wildman–Crippen MR) is 63.2 cm³/mol. The average Bonchev–Trinajstić information content (AvgIpc) is 2.12. The van der Waals surface area contributed by atoms with Crippen molar-refractivity contribution in [2.24, 2.45) is 0 Å². The van der Waals surface area contributed by atoms with Gasteiger partial charge in [0.1, 0.15) is 0 Å². The highest BCUT2D eigenvalue weighted by molar-refractivity contribution is 14.1. The minimum atomic E-state index is -0.390. The van der Waals surface area contributed by atoms with E-state index in [1.54, 1.807) is 12.1 Å². The highest BCUT2D eigenvalue weighted by atomic mass is 127. The molecule has 0 unspecified atom stereocenters. The monoisotopic (exact) mass is 374 g/mol. The Morgan fingerprint density at radius 3 is 2.69 bits per heavy atom. The molecule has 0 aliphatic carbocycles. The lowest BCUT2D eigenvalue weighted by molar-refractivity contribution is 0.0600. The molecule has 0 bridgehead atoms. The first kappa shape index (κ1) is 11.3. The van der Waals surface area contributed by atoms with Gasteiger partial charge < -0.3 is 4.74 Å². The van der Waals surface area contributed by atoms with Gasteiger partial charge in [0.25, 0.3) is 0 Å². The molecule has 0 amide bonds. The van der Waals surface area contributed by atoms with Gasteiger partial charge in [-0.15, -0.1) is 0 Å². The maximum absolute atomic E-state index is 11.1. The molecule has 0 atom stereocenters. The highest BCUT2D eigenvalue weighted by Gasteiger charge is 2.10. The fraction of sp³-hybridized carbons (Fsp3) is 0.125. The average molecular weight is 375 g/mol. The Morgan fingerprint density at radius 2 is 2.23 bits per heavy atom. The first-order valence-electron chi connectivity index (χ1n) is 3.29. The number of halogens is 3. The van der Waals surface area contributed by atoms with Gasteiger partial charge in [-0.05, 0) is 50.7 Å². The number of methoxy groups -OCH3 is 1. The van der Waals surface area contributed by atoms with Crippen LogP contribution in [0.25, 0.3) is 0 Å². The van der Waals surface area contributed by atoms with Gasteiger partial charge in [-0.25, -0.2) is 4.79 Å². The Bertz CT molecular complexity index is 331. The van der Waals surface area contributed by atoms with Crippen LogP contribution >= 0.6 is 50.1 Å². The van der Waals surface area contributed by atoms with Gasteiger partial charge in [-0.2, -0.15) is 0 Å². The van der Waals surface area contributed by atoms with E-state index in [0.29, 0.717) is 10.6 Å². The van der Waals surface area contributed by atoms with E-state index in [9.17, 15) is 4.79 Å². The summed E-state index contributed by atoms with van der Waals surface area (Å²) in [5.74, 6) is -0.390. The SMILES string of the molecule is COC(=O)c1cc(Cl)c(I)c(Br)c1. The summed E-state index contributed by atoms with van der Waals surface area (Å²) in [6.45, 7) is 0. The normalized spacial score (nSPS) is 9.85. The fourth-order valence-corrected chi connectivity index (χ4v) is 1.90. The topological polar surface area (TPSA) is 26.3 Å². The van der Waals surface area contributed by atoms with Crippen molar-refractivity contribution in [1.82, 2.24) is 0 Å². The zero-order valence-electron chi connectivity index (χ0n) is 6.61. The number of carbonyl (C=O) groups is 1. The summed E-state index contributed by atoms with van der Waals surface area (Å²) in [6.07, 6.45) is 0. The lowest BCUT2D eigenvalue weighted by atomic mass is 10.2. The maximum Gasteiger partial charge on any atom is 0.337 e. The molecule has 0 saturated heterocycles. The first-order valence-corrected chi connectivity index (χ1v) is 5.54. The molecule has 0 spiro atoms. The molecule has 1 aromatic rings. The van der Waals surface area contributed by atoms with E-state index in [1.807, 2.05) is 0 Å².